The van der Waals surface area contributed by atoms with E-state index in [1.54, 1.807) is 12.3 Å². The Hall–Kier alpha value is -2.36. The molecule has 1 aliphatic carbocycles. The molecule has 2 amide bonds. The van der Waals surface area contributed by atoms with Crippen LogP contribution in [-0.4, -0.2) is 71.9 Å². The van der Waals surface area contributed by atoms with E-state index in [1.165, 1.54) is 7.11 Å². The third-order valence-corrected chi connectivity index (χ3v) is 5.94. The molecule has 2 aromatic heterocycles. The number of rotatable bonds is 8. The summed E-state index contributed by atoms with van der Waals surface area (Å²) in [5.74, 6) is 0.0258. The molecule has 1 saturated carbocycles. The van der Waals surface area contributed by atoms with Gasteiger partial charge in [-0.25, -0.2) is 9.78 Å². The predicted octanol–water partition coefficient (Wildman–Crippen LogP) is 1.92. The van der Waals surface area contributed by atoms with Gasteiger partial charge in [0.2, 0.25) is 0 Å². The van der Waals surface area contributed by atoms with Gasteiger partial charge in [-0.2, -0.15) is 0 Å². The van der Waals surface area contributed by atoms with Gasteiger partial charge in [0, 0.05) is 62.1 Å². The number of aromatic nitrogens is 2. The van der Waals surface area contributed by atoms with E-state index in [0.29, 0.717) is 44.2 Å². The van der Waals surface area contributed by atoms with Crippen molar-refractivity contribution < 1.29 is 19.1 Å². The number of carbonyl (C=O) groups excluding carboxylic acids is 2. The number of pyridine rings is 1. The average molecular weight is 450 g/mol. The number of aryl methyl sites for hydroxylation is 1. The molecule has 31 heavy (non-hydrogen) atoms. The van der Waals surface area contributed by atoms with Crippen LogP contribution in [0.15, 0.2) is 18.5 Å². The number of ether oxygens (including phenoxy) is 2. The summed E-state index contributed by atoms with van der Waals surface area (Å²) in [4.78, 5) is 30.9. The highest BCUT2D eigenvalue weighted by Gasteiger charge is 2.37. The number of morpholine rings is 1. The van der Waals surface area contributed by atoms with Crippen molar-refractivity contribution in [1.29, 1.82) is 0 Å². The fourth-order valence-electron chi connectivity index (χ4n) is 3.92. The van der Waals surface area contributed by atoms with Crippen LogP contribution in [0.25, 0.3) is 11.0 Å². The van der Waals surface area contributed by atoms with Crippen LogP contribution in [0.3, 0.4) is 0 Å². The largest absolute Gasteiger partial charge is 0.453 e. The molecule has 0 radical (unpaired) electrons. The van der Waals surface area contributed by atoms with Crippen molar-refractivity contribution in [2.24, 2.45) is 0 Å². The summed E-state index contributed by atoms with van der Waals surface area (Å²) < 4.78 is 12.3. The molecule has 2 aliphatic rings. The Morgan fingerprint density at radius 1 is 1.45 bits per heavy atom. The number of carbonyl (C=O) groups is 2. The van der Waals surface area contributed by atoms with Crippen molar-refractivity contribution >= 4 is 34.6 Å². The van der Waals surface area contributed by atoms with Gasteiger partial charge in [0.05, 0.1) is 18.7 Å². The van der Waals surface area contributed by atoms with Crippen LogP contribution >= 0.6 is 11.6 Å². The lowest BCUT2D eigenvalue weighted by Crippen LogP contribution is -2.49. The van der Waals surface area contributed by atoms with E-state index in [1.807, 2.05) is 15.7 Å². The summed E-state index contributed by atoms with van der Waals surface area (Å²) in [5, 5.41) is 7.40. The number of nitrogens with one attached hydrogen (secondary N) is 2. The van der Waals surface area contributed by atoms with Crippen LogP contribution in [0.4, 0.5) is 4.79 Å². The number of halogens is 1. The molecule has 0 bridgehead atoms. The molecule has 2 N–H and O–H groups in total. The maximum Gasteiger partial charge on any atom is 0.406 e. The number of methoxy groups -OCH3 is 1. The van der Waals surface area contributed by atoms with Gasteiger partial charge < -0.3 is 29.6 Å². The van der Waals surface area contributed by atoms with Crippen molar-refractivity contribution in [1.82, 2.24) is 25.1 Å². The van der Waals surface area contributed by atoms with E-state index in [0.717, 1.165) is 36.0 Å². The van der Waals surface area contributed by atoms with Crippen LogP contribution < -0.4 is 10.6 Å². The Kier molecular flexibility index (Phi) is 6.94. The minimum Gasteiger partial charge on any atom is -0.453 e. The minimum absolute atomic E-state index is 0.0258. The van der Waals surface area contributed by atoms with Crippen molar-refractivity contribution in [2.45, 2.75) is 44.5 Å². The normalized spacial score (nSPS) is 18.7. The fraction of sp³-hybridized carbons (Fsp3) is 0.571. The summed E-state index contributed by atoms with van der Waals surface area (Å²) in [5.41, 5.74) is 1.75. The summed E-state index contributed by atoms with van der Waals surface area (Å²) >= 11 is 6.54. The Morgan fingerprint density at radius 2 is 2.29 bits per heavy atom. The molecule has 1 atom stereocenters. The second kappa shape index (κ2) is 9.84. The molecule has 10 heteroatoms. The fourth-order valence-corrected chi connectivity index (χ4v) is 4.19. The molecule has 0 aromatic carbocycles. The zero-order valence-electron chi connectivity index (χ0n) is 17.6. The Bertz CT molecular complexity index is 939. The summed E-state index contributed by atoms with van der Waals surface area (Å²) in [6, 6.07) is 2.02. The van der Waals surface area contributed by atoms with E-state index >= 15 is 0 Å². The van der Waals surface area contributed by atoms with Gasteiger partial charge >= 0.3 is 6.09 Å². The van der Waals surface area contributed by atoms with Gasteiger partial charge in [0.25, 0.3) is 5.91 Å². The number of nitrogens with zero attached hydrogens (tertiary/aromatic N) is 3. The van der Waals surface area contributed by atoms with Crippen molar-refractivity contribution in [3.8, 4) is 0 Å². The lowest BCUT2D eigenvalue weighted by Gasteiger charge is -2.30. The zero-order valence-corrected chi connectivity index (χ0v) is 18.4. The van der Waals surface area contributed by atoms with Gasteiger partial charge in [-0.1, -0.05) is 11.6 Å². The smallest absolute Gasteiger partial charge is 0.406 e. The molecule has 1 aliphatic heterocycles. The first kappa shape index (κ1) is 21.9. The lowest BCUT2D eigenvalue weighted by atomic mass is 10.2. The maximum atomic E-state index is 13.2. The number of alkyl carbamates (subject to hydrolysis) is 1. The van der Waals surface area contributed by atoms with Gasteiger partial charge in [0.1, 0.15) is 11.8 Å². The maximum absolute atomic E-state index is 13.2. The van der Waals surface area contributed by atoms with Crippen LogP contribution in [0.5, 0.6) is 0 Å². The molecule has 1 saturated heterocycles. The van der Waals surface area contributed by atoms with E-state index in [-0.39, 0.29) is 11.9 Å². The number of fused-ring (bicyclic) bond motifs is 1. The number of hydrogen-bond donors (Lipinski definition) is 2. The van der Waals surface area contributed by atoms with Gasteiger partial charge in [-0.15, -0.1) is 0 Å². The Morgan fingerprint density at radius 3 is 3.00 bits per heavy atom. The molecule has 0 spiro atoms. The Balaban J connectivity index is 1.53. The van der Waals surface area contributed by atoms with Crippen LogP contribution in [0, 0.1) is 0 Å². The zero-order chi connectivity index (χ0) is 21.8. The summed E-state index contributed by atoms with van der Waals surface area (Å²) in [7, 11) is 1.34. The Labute approximate surface area is 186 Å². The third-order valence-electron chi connectivity index (χ3n) is 5.63. The van der Waals surface area contributed by atoms with Gasteiger partial charge in [-0.05, 0) is 25.3 Å². The highest BCUT2D eigenvalue weighted by Crippen LogP contribution is 2.33. The molecule has 4 rings (SSSR count). The van der Waals surface area contributed by atoms with Crippen molar-refractivity contribution in [2.75, 3.05) is 33.4 Å². The van der Waals surface area contributed by atoms with Crippen molar-refractivity contribution in [3.63, 3.8) is 0 Å². The first-order chi connectivity index (χ1) is 15.1. The van der Waals surface area contributed by atoms with Crippen LogP contribution in [0.2, 0.25) is 5.02 Å². The van der Waals surface area contributed by atoms with Crippen molar-refractivity contribution in [3.05, 3.63) is 29.0 Å². The lowest BCUT2D eigenvalue weighted by molar-refractivity contribution is -0.146. The highest BCUT2D eigenvalue weighted by molar-refractivity contribution is 6.35. The van der Waals surface area contributed by atoms with E-state index in [2.05, 4.69) is 20.4 Å². The summed E-state index contributed by atoms with van der Waals surface area (Å²) in [6.07, 6.45) is 5.54. The van der Waals surface area contributed by atoms with E-state index in [4.69, 9.17) is 16.3 Å². The van der Waals surface area contributed by atoms with E-state index < -0.39 is 12.2 Å². The molecule has 2 aromatic rings. The third kappa shape index (κ3) is 5.11. The molecule has 9 nitrogen and oxygen atoms in total. The SMILES string of the molecule is COC(=O)NCCCn1cc(CN(C(=O)[C@H]2CNCCO2)C2CC2)c2c(Cl)ccnc21. The van der Waals surface area contributed by atoms with E-state index in [9.17, 15) is 9.59 Å². The van der Waals surface area contributed by atoms with Crippen LogP contribution in [-0.2, 0) is 27.4 Å². The topological polar surface area (TPSA) is 97.7 Å². The number of amides is 2. The standard InChI is InChI=1S/C21H28ClN5O4/c1-30-21(29)25-6-2-9-26-12-14(18-16(22)5-7-24-19(18)26)13-27(15-3-4-15)20(28)17-11-23-8-10-31-17/h5,7,12,15,17,23H,2-4,6,8-11,13H2,1H3,(H,25,29)/t17-/m1/s1. The second-order valence-corrected chi connectivity index (χ2v) is 8.28. The average Bonchev–Trinajstić information content (AvgIpc) is 3.57. The quantitative estimate of drug-likeness (QED) is 0.597. The van der Waals surface area contributed by atoms with Gasteiger partial charge in [0.15, 0.2) is 0 Å². The first-order valence-electron chi connectivity index (χ1n) is 10.7. The van der Waals surface area contributed by atoms with Crippen LogP contribution in [0.1, 0.15) is 24.8 Å². The monoisotopic (exact) mass is 449 g/mol. The molecule has 168 valence electrons. The molecule has 3 heterocycles. The minimum atomic E-state index is -0.447. The molecular weight excluding hydrogens is 422 g/mol. The molecular formula is C21H28ClN5O4. The molecule has 2 fully saturated rings. The molecule has 0 unspecified atom stereocenters. The number of hydrogen-bond acceptors (Lipinski definition) is 6. The first-order valence-corrected chi connectivity index (χ1v) is 11.0. The second-order valence-electron chi connectivity index (χ2n) is 7.87. The van der Waals surface area contributed by atoms with Gasteiger partial charge in [-0.3, -0.25) is 4.79 Å². The summed E-state index contributed by atoms with van der Waals surface area (Å²) in [6.45, 7) is 3.47. The predicted molar refractivity (Wildman–Crippen MR) is 116 cm³/mol. The highest BCUT2D eigenvalue weighted by atomic mass is 35.5.